The average Bonchev–Trinajstić information content (AvgIpc) is 3.66. The number of benzene rings is 3. The number of hydrogen-bond donors (Lipinski definition) is 1. The highest BCUT2D eigenvalue weighted by molar-refractivity contribution is 5.82. The van der Waals surface area contributed by atoms with Crippen LogP contribution in [0.4, 0.5) is 17.6 Å². The quantitative estimate of drug-likeness (QED) is 0.117. The third-order valence-electron chi connectivity index (χ3n) is 7.89. The van der Waals surface area contributed by atoms with Crippen LogP contribution in [0.3, 0.4) is 0 Å². The highest BCUT2D eigenvalue weighted by Gasteiger charge is 2.40. The van der Waals surface area contributed by atoms with Crippen molar-refractivity contribution in [3.05, 3.63) is 88.9 Å². The van der Waals surface area contributed by atoms with E-state index in [0.29, 0.717) is 37.6 Å². The van der Waals surface area contributed by atoms with Gasteiger partial charge in [-0.05, 0) is 56.5 Å². The standard InChI is InChI=1S/C32H28F4N4O4/c1-4-42-23(41)11-8-17-6-5-7-21-28(17)43-15-13-32(21,2)31-38-30(40(3)39-31)20-16-18(9-10-22(20)33)44-29-24(34)19-12-14-37-27(19)25(35)26(29)36/h5-7,9-10,12,14,16,37H,4,8,11,13,15H2,1-3H3/t32-/m1/s1. The molecule has 12 heteroatoms. The largest absolute Gasteiger partial charge is 0.493 e. The Bertz CT molecular complexity index is 1900. The molecule has 6 rings (SSSR count). The average molecular weight is 609 g/mol. The van der Waals surface area contributed by atoms with E-state index in [1.807, 2.05) is 25.1 Å². The molecule has 8 nitrogen and oxygen atoms in total. The van der Waals surface area contributed by atoms with Gasteiger partial charge in [-0.25, -0.2) is 22.8 Å². The fourth-order valence-corrected chi connectivity index (χ4v) is 5.54. The molecule has 3 aromatic carbocycles. The van der Waals surface area contributed by atoms with Gasteiger partial charge in [-0.2, -0.15) is 9.49 Å². The number of aryl methyl sites for hydroxylation is 2. The minimum atomic E-state index is -1.52. The van der Waals surface area contributed by atoms with Gasteiger partial charge in [-0.3, -0.25) is 4.79 Å². The van der Waals surface area contributed by atoms with Crippen molar-refractivity contribution in [2.75, 3.05) is 13.2 Å². The van der Waals surface area contributed by atoms with Crippen molar-refractivity contribution in [2.45, 2.75) is 38.5 Å². The summed E-state index contributed by atoms with van der Waals surface area (Å²) >= 11 is 0. The molecule has 0 aliphatic carbocycles. The van der Waals surface area contributed by atoms with Gasteiger partial charge in [0.1, 0.15) is 17.3 Å². The Morgan fingerprint density at radius 3 is 2.73 bits per heavy atom. The number of carbonyl (C=O) groups is 1. The molecule has 1 N–H and O–H groups in total. The number of nitrogens with one attached hydrogen (secondary N) is 1. The van der Waals surface area contributed by atoms with E-state index < -0.39 is 34.4 Å². The molecule has 0 bridgehead atoms. The van der Waals surface area contributed by atoms with Crippen LogP contribution < -0.4 is 9.47 Å². The van der Waals surface area contributed by atoms with Gasteiger partial charge < -0.3 is 19.2 Å². The second-order valence-corrected chi connectivity index (χ2v) is 10.7. The molecule has 0 saturated heterocycles. The maximum absolute atomic E-state index is 15.2. The third kappa shape index (κ3) is 4.93. The molecule has 2 aromatic heterocycles. The van der Waals surface area contributed by atoms with Gasteiger partial charge in [0.15, 0.2) is 23.3 Å². The number of H-pyrrole nitrogens is 1. The summed E-state index contributed by atoms with van der Waals surface area (Å²) in [6.07, 6.45) is 2.44. The van der Waals surface area contributed by atoms with E-state index >= 15 is 8.78 Å². The number of esters is 1. The first-order valence-electron chi connectivity index (χ1n) is 14.1. The molecule has 0 radical (unpaired) electrons. The van der Waals surface area contributed by atoms with Gasteiger partial charge >= 0.3 is 5.97 Å². The van der Waals surface area contributed by atoms with Crippen molar-refractivity contribution in [1.29, 1.82) is 0 Å². The maximum Gasteiger partial charge on any atom is 0.306 e. The summed E-state index contributed by atoms with van der Waals surface area (Å²) < 4.78 is 77.5. The molecule has 0 spiro atoms. The molecule has 228 valence electrons. The summed E-state index contributed by atoms with van der Waals surface area (Å²) in [5.74, 6) is -4.76. The lowest BCUT2D eigenvalue weighted by Crippen LogP contribution is -2.33. The summed E-state index contributed by atoms with van der Waals surface area (Å²) in [4.78, 5) is 19.1. The highest BCUT2D eigenvalue weighted by atomic mass is 19.2. The first-order valence-corrected chi connectivity index (χ1v) is 14.1. The predicted molar refractivity (Wildman–Crippen MR) is 153 cm³/mol. The fraction of sp³-hybridized carbons (Fsp3) is 0.281. The molecule has 0 amide bonds. The zero-order chi connectivity index (χ0) is 31.2. The van der Waals surface area contributed by atoms with Gasteiger partial charge in [-0.15, -0.1) is 0 Å². The van der Waals surface area contributed by atoms with Crippen molar-refractivity contribution in [2.24, 2.45) is 7.05 Å². The smallest absolute Gasteiger partial charge is 0.306 e. The van der Waals surface area contributed by atoms with Crippen LogP contribution in [0, 0.1) is 23.3 Å². The van der Waals surface area contributed by atoms with Crippen LogP contribution in [0.5, 0.6) is 17.2 Å². The summed E-state index contributed by atoms with van der Waals surface area (Å²) in [6.45, 7) is 4.39. The van der Waals surface area contributed by atoms with Gasteiger partial charge in [-0.1, -0.05) is 18.2 Å². The Hall–Kier alpha value is -4.87. The Balaban J connectivity index is 1.34. The molecule has 3 heterocycles. The van der Waals surface area contributed by atoms with E-state index in [1.54, 1.807) is 14.0 Å². The number of nitrogens with zero attached hydrogens (tertiary/aromatic N) is 3. The number of carbonyl (C=O) groups excluding carboxylic acids is 1. The molecular weight excluding hydrogens is 580 g/mol. The molecule has 0 fully saturated rings. The fourth-order valence-electron chi connectivity index (χ4n) is 5.54. The zero-order valence-electron chi connectivity index (χ0n) is 24.1. The molecule has 1 atom stereocenters. The van der Waals surface area contributed by atoms with Crippen LogP contribution >= 0.6 is 0 Å². The Labute approximate surface area is 249 Å². The Kier molecular flexibility index (Phi) is 7.52. The number of fused-ring (bicyclic) bond motifs is 2. The number of hydrogen-bond acceptors (Lipinski definition) is 6. The minimum absolute atomic E-state index is 0.0353. The molecule has 0 unspecified atom stereocenters. The van der Waals surface area contributed by atoms with Crippen molar-refractivity contribution in [3.8, 4) is 28.6 Å². The topological polar surface area (TPSA) is 91.3 Å². The van der Waals surface area contributed by atoms with Crippen LogP contribution in [0.2, 0.25) is 0 Å². The lowest BCUT2D eigenvalue weighted by molar-refractivity contribution is -0.143. The van der Waals surface area contributed by atoms with Crippen molar-refractivity contribution >= 4 is 16.9 Å². The van der Waals surface area contributed by atoms with Gasteiger partial charge in [0.2, 0.25) is 11.6 Å². The summed E-state index contributed by atoms with van der Waals surface area (Å²) in [5.41, 5.74) is 0.597. The van der Waals surface area contributed by atoms with Crippen LogP contribution in [0.25, 0.3) is 22.3 Å². The van der Waals surface area contributed by atoms with Crippen LogP contribution in [0.15, 0.2) is 48.7 Å². The number of aromatic amines is 1. The highest BCUT2D eigenvalue weighted by Crippen LogP contribution is 2.45. The minimum Gasteiger partial charge on any atom is -0.493 e. The predicted octanol–water partition coefficient (Wildman–Crippen LogP) is 6.90. The Morgan fingerprint density at radius 2 is 1.93 bits per heavy atom. The van der Waals surface area contributed by atoms with Gasteiger partial charge in [0, 0.05) is 30.6 Å². The molecule has 44 heavy (non-hydrogen) atoms. The molecule has 1 aliphatic rings. The number of halogens is 4. The van der Waals surface area contributed by atoms with Crippen LogP contribution in [0.1, 0.15) is 43.6 Å². The molecule has 0 saturated carbocycles. The Morgan fingerprint density at radius 1 is 1.11 bits per heavy atom. The second-order valence-electron chi connectivity index (χ2n) is 10.7. The van der Waals surface area contributed by atoms with Crippen LogP contribution in [-0.4, -0.2) is 38.9 Å². The molecule has 1 aliphatic heterocycles. The maximum atomic E-state index is 15.2. The first kappa shape index (κ1) is 29.2. The SMILES string of the molecule is CCOC(=O)CCc1cccc2c1OCC[C@@]2(C)c1nc(-c2cc(Oc3c(F)c(F)c4[nH]ccc4c3F)ccc2F)n(C)n1. The monoisotopic (exact) mass is 608 g/mol. The first-order chi connectivity index (χ1) is 21.1. The van der Waals surface area contributed by atoms with Crippen molar-refractivity contribution in [3.63, 3.8) is 0 Å². The normalized spacial score (nSPS) is 16.1. The van der Waals surface area contributed by atoms with E-state index in [1.165, 1.54) is 29.1 Å². The number of rotatable bonds is 8. The lowest BCUT2D eigenvalue weighted by atomic mass is 9.76. The second kappa shape index (κ2) is 11.3. The van der Waals surface area contributed by atoms with E-state index in [4.69, 9.17) is 19.2 Å². The van der Waals surface area contributed by atoms with Crippen molar-refractivity contribution in [1.82, 2.24) is 19.7 Å². The van der Waals surface area contributed by atoms with Crippen molar-refractivity contribution < 1.29 is 36.6 Å². The van der Waals surface area contributed by atoms with Gasteiger partial charge in [0.05, 0.1) is 29.7 Å². The number of ether oxygens (including phenoxy) is 3. The van der Waals surface area contributed by atoms with E-state index in [0.717, 1.165) is 17.2 Å². The summed E-state index contributed by atoms with van der Waals surface area (Å²) in [5, 5.41) is 4.44. The zero-order valence-corrected chi connectivity index (χ0v) is 24.1. The lowest BCUT2D eigenvalue weighted by Gasteiger charge is -2.34. The van der Waals surface area contributed by atoms with E-state index in [9.17, 15) is 13.6 Å². The van der Waals surface area contributed by atoms with Crippen LogP contribution in [-0.2, 0) is 28.4 Å². The number of para-hydroxylation sites is 1. The van der Waals surface area contributed by atoms with E-state index in [-0.39, 0.29) is 40.4 Å². The summed E-state index contributed by atoms with van der Waals surface area (Å²) in [6, 6.07) is 10.4. The van der Waals surface area contributed by atoms with E-state index in [2.05, 4.69) is 10.1 Å². The molecular formula is C32H28F4N4O4. The third-order valence-corrected chi connectivity index (χ3v) is 7.89. The molecule has 5 aromatic rings. The number of aromatic nitrogens is 4. The summed E-state index contributed by atoms with van der Waals surface area (Å²) in [7, 11) is 1.60. The van der Waals surface area contributed by atoms with Gasteiger partial charge in [0.25, 0.3) is 0 Å².